The van der Waals surface area contributed by atoms with E-state index in [1.807, 2.05) is 45.0 Å². The summed E-state index contributed by atoms with van der Waals surface area (Å²) >= 11 is 0. The average Bonchev–Trinajstić information content (AvgIpc) is 2.75. The van der Waals surface area contributed by atoms with Crippen molar-refractivity contribution >= 4 is 11.9 Å². The molecule has 0 bridgehead atoms. The van der Waals surface area contributed by atoms with E-state index in [2.05, 4.69) is 6.92 Å². The third-order valence-corrected chi connectivity index (χ3v) is 5.92. The fraction of sp³-hybridized carbons (Fsp3) is 0.692. The number of aryl methyl sites for hydroxylation is 1. The molecule has 4 nitrogen and oxygen atoms in total. The third kappa shape index (κ3) is 8.89. The number of ether oxygens (including phenoxy) is 2. The number of hydrogen-bond acceptors (Lipinski definition) is 4. The molecule has 0 aliphatic heterocycles. The molecule has 0 heterocycles. The molecular formula is C26H42O4. The van der Waals surface area contributed by atoms with Crippen LogP contribution in [-0.4, -0.2) is 18.5 Å². The maximum atomic E-state index is 12.8. The topological polar surface area (TPSA) is 52.6 Å². The van der Waals surface area contributed by atoms with Gasteiger partial charge in [0, 0.05) is 0 Å². The molecule has 0 saturated heterocycles. The van der Waals surface area contributed by atoms with Crippen molar-refractivity contribution in [1.82, 2.24) is 0 Å². The van der Waals surface area contributed by atoms with Crippen molar-refractivity contribution in [1.29, 1.82) is 0 Å². The van der Waals surface area contributed by atoms with E-state index in [0.717, 1.165) is 24.0 Å². The van der Waals surface area contributed by atoms with Crippen molar-refractivity contribution in [3.05, 3.63) is 35.4 Å². The molecule has 0 N–H and O–H groups in total. The second-order valence-electron chi connectivity index (χ2n) is 8.32. The second-order valence-corrected chi connectivity index (χ2v) is 8.32. The van der Waals surface area contributed by atoms with Crippen LogP contribution < -0.4 is 0 Å². The van der Waals surface area contributed by atoms with Gasteiger partial charge in [0.25, 0.3) is 0 Å². The van der Waals surface area contributed by atoms with Crippen LogP contribution in [0.5, 0.6) is 0 Å². The third-order valence-electron chi connectivity index (χ3n) is 5.92. The molecule has 0 saturated carbocycles. The van der Waals surface area contributed by atoms with Crippen molar-refractivity contribution in [3.63, 3.8) is 0 Å². The smallest absolute Gasteiger partial charge is 0.323 e. The van der Waals surface area contributed by atoms with Gasteiger partial charge in [0.2, 0.25) is 0 Å². The van der Waals surface area contributed by atoms with Crippen LogP contribution in [-0.2, 0) is 25.7 Å². The zero-order valence-electron chi connectivity index (χ0n) is 19.6. The lowest BCUT2D eigenvalue weighted by atomic mass is 9.82. The quantitative estimate of drug-likeness (QED) is 0.166. The number of carbonyl (C=O) groups excluding carboxylic acids is 2. The summed E-state index contributed by atoms with van der Waals surface area (Å²) in [6.45, 7) is 8.47. The minimum atomic E-state index is -1.21. The van der Waals surface area contributed by atoms with Crippen LogP contribution in [0.3, 0.4) is 0 Å². The number of hydrogen-bond donors (Lipinski definition) is 0. The van der Waals surface area contributed by atoms with Crippen LogP contribution in [0.2, 0.25) is 0 Å². The summed E-state index contributed by atoms with van der Waals surface area (Å²) in [4.78, 5) is 25.5. The van der Waals surface area contributed by atoms with Crippen molar-refractivity contribution in [3.8, 4) is 0 Å². The highest BCUT2D eigenvalue weighted by Gasteiger charge is 2.45. The Morgan fingerprint density at radius 3 is 1.93 bits per heavy atom. The van der Waals surface area contributed by atoms with E-state index in [-0.39, 0.29) is 6.61 Å². The predicted molar refractivity (Wildman–Crippen MR) is 122 cm³/mol. The Hall–Kier alpha value is -1.84. The SMILES string of the molecule is CCCCCCCCCCCOC(=O)C(CC)(CC)C(=O)OCc1cccc(C)c1. The van der Waals surface area contributed by atoms with Crippen LogP contribution >= 0.6 is 0 Å². The molecule has 0 radical (unpaired) electrons. The molecule has 1 aromatic rings. The average molecular weight is 419 g/mol. The van der Waals surface area contributed by atoms with Gasteiger partial charge in [0.15, 0.2) is 5.41 Å². The normalized spacial score (nSPS) is 11.3. The zero-order valence-corrected chi connectivity index (χ0v) is 19.6. The lowest BCUT2D eigenvalue weighted by Gasteiger charge is -2.27. The minimum absolute atomic E-state index is 0.174. The molecule has 0 aromatic heterocycles. The van der Waals surface area contributed by atoms with Crippen LogP contribution in [0.15, 0.2) is 24.3 Å². The molecule has 0 fully saturated rings. The highest BCUT2D eigenvalue weighted by molar-refractivity contribution is 5.99. The highest BCUT2D eigenvalue weighted by atomic mass is 16.6. The lowest BCUT2D eigenvalue weighted by molar-refractivity contribution is -0.174. The van der Waals surface area contributed by atoms with Gasteiger partial charge in [-0.05, 0) is 31.7 Å². The summed E-state index contributed by atoms with van der Waals surface area (Å²) < 4.78 is 11.0. The first kappa shape index (κ1) is 26.2. The molecule has 170 valence electrons. The molecule has 1 aromatic carbocycles. The fourth-order valence-electron chi connectivity index (χ4n) is 3.72. The molecule has 0 spiro atoms. The highest BCUT2D eigenvalue weighted by Crippen LogP contribution is 2.30. The van der Waals surface area contributed by atoms with Crippen LogP contribution in [0, 0.1) is 12.3 Å². The van der Waals surface area contributed by atoms with Crippen molar-refractivity contribution in [2.24, 2.45) is 5.41 Å². The van der Waals surface area contributed by atoms with Crippen molar-refractivity contribution in [2.45, 2.75) is 105 Å². The number of carbonyl (C=O) groups is 2. The van der Waals surface area contributed by atoms with Crippen LogP contribution in [0.1, 0.15) is 103 Å². The largest absolute Gasteiger partial charge is 0.465 e. The van der Waals surface area contributed by atoms with Gasteiger partial charge in [-0.2, -0.15) is 0 Å². The van der Waals surface area contributed by atoms with Crippen molar-refractivity contribution < 1.29 is 19.1 Å². The van der Waals surface area contributed by atoms with Crippen molar-refractivity contribution in [2.75, 3.05) is 6.61 Å². The second kappa shape index (κ2) is 15.0. The van der Waals surface area contributed by atoms with Gasteiger partial charge in [-0.25, -0.2) is 0 Å². The molecule has 0 amide bonds. The maximum absolute atomic E-state index is 12.8. The molecule has 0 aliphatic rings. The van der Waals surface area contributed by atoms with Gasteiger partial charge < -0.3 is 9.47 Å². The number of esters is 2. The van der Waals surface area contributed by atoms with E-state index in [0.29, 0.717) is 19.4 Å². The van der Waals surface area contributed by atoms with Gasteiger partial charge >= 0.3 is 11.9 Å². The maximum Gasteiger partial charge on any atom is 0.323 e. The van der Waals surface area contributed by atoms with Gasteiger partial charge in [0.05, 0.1) is 6.61 Å². The Bertz CT molecular complexity index is 619. The van der Waals surface area contributed by atoms with E-state index in [9.17, 15) is 9.59 Å². The number of rotatable bonds is 16. The van der Waals surface area contributed by atoms with Gasteiger partial charge in [-0.1, -0.05) is 102 Å². The van der Waals surface area contributed by atoms with Gasteiger partial charge in [-0.15, -0.1) is 0 Å². The first-order chi connectivity index (χ1) is 14.5. The Morgan fingerprint density at radius 1 is 0.800 bits per heavy atom. The predicted octanol–water partition coefficient (Wildman–Crippen LogP) is 6.92. The number of benzene rings is 1. The molecule has 0 atom stereocenters. The number of unbranched alkanes of at least 4 members (excludes halogenated alkanes) is 8. The Morgan fingerprint density at radius 2 is 1.37 bits per heavy atom. The molecule has 30 heavy (non-hydrogen) atoms. The molecule has 1 rings (SSSR count). The van der Waals surface area contributed by atoms with Crippen LogP contribution in [0.25, 0.3) is 0 Å². The molecular weight excluding hydrogens is 376 g/mol. The van der Waals surface area contributed by atoms with E-state index >= 15 is 0 Å². The summed E-state index contributed by atoms with van der Waals surface area (Å²) in [5, 5.41) is 0. The van der Waals surface area contributed by atoms with Gasteiger partial charge in [-0.3, -0.25) is 9.59 Å². The molecule has 0 aliphatic carbocycles. The zero-order chi connectivity index (χ0) is 22.2. The van der Waals surface area contributed by atoms with E-state index < -0.39 is 17.4 Å². The monoisotopic (exact) mass is 418 g/mol. The summed E-state index contributed by atoms with van der Waals surface area (Å²) in [6.07, 6.45) is 11.7. The van der Waals surface area contributed by atoms with E-state index in [4.69, 9.17) is 9.47 Å². The Labute approximate surface area is 183 Å². The van der Waals surface area contributed by atoms with Gasteiger partial charge in [0.1, 0.15) is 6.61 Å². The van der Waals surface area contributed by atoms with Crippen LogP contribution in [0.4, 0.5) is 0 Å². The fourth-order valence-corrected chi connectivity index (χ4v) is 3.72. The summed E-state index contributed by atoms with van der Waals surface area (Å²) in [5.74, 6) is -0.924. The van der Waals surface area contributed by atoms with E-state index in [1.54, 1.807) is 0 Å². The minimum Gasteiger partial charge on any atom is -0.465 e. The standard InChI is InChI=1S/C26H42O4/c1-5-8-9-10-11-12-13-14-15-19-29-24(27)26(6-2,7-3)25(28)30-21-23-18-16-17-22(4)20-23/h16-18,20H,5-15,19,21H2,1-4H3. The summed E-state index contributed by atoms with van der Waals surface area (Å²) in [7, 11) is 0. The molecule has 0 unspecified atom stereocenters. The Kier molecular flexibility index (Phi) is 13.1. The Balaban J connectivity index is 2.38. The first-order valence-corrected chi connectivity index (χ1v) is 11.9. The summed E-state index contributed by atoms with van der Waals surface area (Å²) in [6, 6.07) is 7.83. The lowest BCUT2D eigenvalue weighted by Crippen LogP contribution is -2.41. The first-order valence-electron chi connectivity index (χ1n) is 11.9. The van der Waals surface area contributed by atoms with E-state index in [1.165, 1.54) is 44.9 Å². The summed E-state index contributed by atoms with van der Waals surface area (Å²) in [5.41, 5.74) is 0.831. The molecule has 4 heteroatoms.